The van der Waals surface area contributed by atoms with Crippen LogP contribution in [0.4, 0.5) is 13.2 Å². The van der Waals surface area contributed by atoms with E-state index in [1.807, 2.05) is 12.1 Å². The van der Waals surface area contributed by atoms with Crippen molar-refractivity contribution in [3.05, 3.63) is 59.4 Å². The van der Waals surface area contributed by atoms with E-state index in [0.717, 1.165) is 54.1 Å². The lowest BCUT2D eigenvalue weighted by Crippen LogP contribution is -2.34. The molecule has 0 bridgehead atoms. The van der Waals surface area contributed by atoms with Crippen molar-refractivity contribution in [2.75, 3.05) is 0 Å². The van der Waals surface area contributed by atoms with Crippen molar-refractivity contribution in [1.29, 1.82) is 0 Å². The third kappa shape index (κ3) is 4.24. The van der Waals surface area contributed by atoms with Crippen LogP contribution in [0.15, 0.2) is 36.4 Å². The Morgan fingerprint density at radius 1 is 0.719 bits per heavy atom. The standard InChI is InChI=1S/C29H35F3/c1-2-3-18-4-5-24-15-22(11-10-21(24)14-18)19-6-8-20(9-7-19)23-12-13-26-25(16-23)17-27(30)29(32)28(26)31/h2-3,12-13,16-22,24H,4-11,14-15H2,1H3/b3-2+. The minimum atomic E-state index is -1.38. The Morgan fingerprint density at radius 3 is 2.12 bits per heavy atom. The van der Waals surface area contributed by atoms with E-state index in [-0.39, 0.29) is 5.39 Å². The summed E-state index contributed by atoms with van der Waals surface area (Å²) in [4.78, 5) is 0. The van der Waals surface area contributed by atoms with Gasteiger partial charge in [-0.25, -0.2) is 13.2 Å². The zero-order valence-electron chi connectivity index (χ0n) is 19.1. The summed E-state index contributed by atoms with van der Waals surface area (Å²) >= 11 is 0. The highest BCUT2D eigenvalue weighted by Crippen LogP contribution is 2.50. The van der Waals surface area contributed by atoms with Crippen molar-refractivity contribution in [1.82, 2.24) is 0 Å². The molecule has 0 radical (unpaired) electrons. The molecule has 0 heterocycles. The molecule has 5 rings (SSSR count). The summed E-state index contributed by atoms with van der Waals surface area (Å²) in [6.07, 6.45) is 17.9. The van der Waals surface area contributed by atoms with Crippen molar-refractivity contribution in [3.8, 4) is 0 Å². The molecule has 4 atom stereocenters. The van der Waals surface area contributed by atoms with Gasteiger partial charge >= 0.3 is 0 Å². The van der Waals surface area contributed by atoms with Gasteiger partial charge in [0.05, 0.1) is 0 Å². The molecule has 172 valence electrons. The number of rotatable bonds is 3. The van der Waals surface area contributed by atoms with Crippen molar-refractivity contribution in [2.24, 2.45) is 29.6 Å². The van der Waals surface area contributed by atoms with Gasteiger partial charge in [-0.05, 0) is 124 Å². The predicted octanol–water partition coefficient (Wildman–Crippen LogP) is 8.94. The van der Waals surface area contributed by atoms with E-state index < -0.39 is 17.5 Å². The highest BCUT2D eigenvalue weighted by molar-refractivity contribution is 5.84. The first-order chi connectivity index (χ1) is 15.5. The highest BCUT2D eigenvalue weighted by Gasteiger charge is 2.38. The summed E-state index contributed by atoms with van der Waals surface area (Å²) in [6, 6.07) is 6.55. The first-order valence-corrected chi connectivity index (χ1v) is 12.7. The molecule has 0 aliphatic heterocycles. The quantitative estimate of drug-likeness (QED) is 0.330. The maximum absolute atomic E-state index is 14.0. The van der Waals surface area contributed by atoms with Gasteiger partial charge in [0.2, 0.25) is 0 Å². The van der Waals surface area contributed by atoms with Crippen LogP contribution in [0.25, 0.3) is 10.8 Å². The Bertz CT molecular complexity index is 986. The van der Waals surface area contributed by atoms with Crippen LogP contribution in [0, 0.1) is 47.0 Å². The van der Waals surface area contributed by atoms with Gasteiger partial charge in [-0.3, -0.25) is 0 Å². The molecule has 2 aromatic rings. The molecule has 3 heteroatoms. The third-order valence-electron chi connectivity index (χ3n) is 9.07. The van der Waals surface area contributed by atoms with Crippen LogP contribution < -0.4 is 0 Å². The summed E-state index contributed by atoms with van der Waals surface area (Å²) in [5.74, 6) is 1.31. The number of fused-ring (bicyclic) bond motifs is 2. The fourth-order valence-electron chi connectivity index (χ4n) is 7.34. The lowest BCUT2D eigenvalue weighted by atomic mass is 9.61. The summed E-state index contributed by atoms with van der Waals surface area (Å²) in [5, 5.41) is 0.634. The number of halogens is 3. The van der Waals surface area contributed by atoms with E-state index in [2.05, 4.69) is 19.1 Å². The lowest BCUT2D eigenvalue weighted by molar-refractivity contribution is 0.0719. The van der Waals surface area contributed by atoms with Crippen molar-refractivity contribution >= 4 is 10.8 Å². The molecular formula is C29H35F3. The molecule has 3 saturated carbocycles. The van der Waals surface area contributed by atoms with Crippen LogP contribution in [-0.4, -0.2) is 0 Å². The molecule has 0 spiro atoms. The molecule has 0 amide bonds. The topological polar surface area (TPSA) is 0 Å². The van der Waals surface area contributed by atoms with Crippen LogP contribution in [0.3, 0.4) is 0 Å². The van der Waals surface area contributed by atoms with Crippen LogP contribution in [0.2, 0.25) is 0 Å². The van der Waals surface area contributed by atoms with Gasteiger partial charge < -0.3 is 0 Å². The number of allylic oxidation sites excluding steroid dienone is 2. The SMILES string of the molecule is C/C=C/C1CCC2CC(C3CCC(c4ccc5c(F)c(F)c(F)cc5c4)CC3)CCC2C1. The van der Waals surface area contributed by atoms with E-state index in [0.29, 0.717) is 11.3 Å². The van der Waals surface area contributed by atoms with Gasteiger partial charge in [0.1, 0.15) is 0 Å². The Balaban J connectivity index is 1.20. The Kier molecular flexibility index (Phi) is 6.36. The zero-order chi connectivity index (χ0) is 22.2. The average Bonchev–Trinajstić information content (AvgIpc) is 2.82. The molecule has 0 saturated heterocycles. The Labute approximate surface area is 190 Å². The van der Waals surface area contributed by atoms with Gasteiger partial charge in [0.25, 0.3) is 0 Å². The number of hydrogen-bond acceptors (Lipinski definition) is 0. The molecule has 32 heavy (non-hydrogen) atoms. The minimum Gasteiger partial charge on any atom is -0.204 e. The van der Waals surface area contributed by atoms with Crippen molar-refractivity contribution < 1.29 is 13.2 Å². The smallest absolute Gasteiger partial charge is 0.195 e. The monoisotopic (exact) mass is 440 g/mol. The summed E-state index contributed by atoms with van der Waals surface area (Å²) < 4.78 is 41.3. The van der Waals surface area contributed by atoms with E-state index in [1.54, 1.807) is 6.07 Å². The van der Waals surface area contributed by atoms with Gasteiger partial charge in [0, 0.05) is 5.39 Å². The van der Waals surface area contributed by atoms with E-state index in [9.17, 15) is 13.2 Å². The number of benzene rings is 2. The van der Waals surface area contributed by atoms with Crippen LogP contribution in [0.5, 0.6) is 0 Å². The molecule has 3 aliphatic rings. The lowest BCUT2D eigenvalue weighted by Gasteiger charge is -2.45. The van der Waals surface area contributed by atoms with E-state index in [1.165, 1.54) is 51.4 Å². The zero-order valence-corrected chi connectivity index (χ0v) is 19.1. The highest BCUT2D eigenvalue weighted by atomic mass is 19.2. The van der Waals surface area contributed by atoms with Gasteiger partial charge in [-0.1, -0.05) is 30.4 Å². The predicted molar refractivity (Wildman–Crippen MR) is 125 cm³/mol. The second-order valence-corrected chi connectivity index (χ2v) is 10.8. The van der Waals surface area contributed by atoms with Crippen LogP contribution in [0.1, 0.15) is 82.6 Å². The maximum Gasteiger partial charge on any atom is 0.195 e. The minimum absolute atomic E-state index is 0.169. The van der Waals surface area contributed by atoms with Gasteiger partial charge in [0.15, 0.2) is 17.5 Å². The molecule has 0 aromatic heterocycles. The van der Waals surface area contributed by atoms with Gasteiger partial charge in [-0.15, -0.1) is 0 Å². The largest absolute Gasteiger partial charge is 0.204 e. The fourth-order valence-corrected chi connectivity index (χ4v) is 7.34. The first kappa shape index (κ1) is 22.0. The second-order valence-electron chi connectivity index (χ2n) is 10.8. The average molecular weight is 441 g/mol. The van der Waals surface area contributed by atoms with Crippen molar-refractivity contribution in [2.45, 2.75) is 77.0 Å². The molecule has 0 nitrogen and oxygen atoms in total. The van der Waals surface area contributed by atoms with Gasteiger partial charge in [-0.2, -0.15) is 0 Å². The second kappa shape index (κ2) is 9.23. The van der Waals surface area contributed by atoms with E-state index in [4.69, 9.17) is 0 Å². The normalized spacial score (nSPS) is 33.5. The molecular weight excluding hydrogens is 405 g/mol. The molecule has 0 N–H and O–H groups in total. The molecule has 2 aromatic carbocycles. The summed E-state index contributed by atoms with van der Waals surface area (Å²) in [6.45, 7) is 2.15. The summed E-state index contributed by atoms with van der Waals surface area (Å²) in [5.41, 5.74) is 1.15. The third-order valence-corrected chi connectivity index (χ3v) is 9.07. The van der Waals surface area contributed by atoms with Crippen molar-refractivity contribution in [3.63, 3.8) is 0 Å². The van der Waals surface area contributed by atoms with Crippen LogP contribution >= 0.6 is 0 Å². The molecule has 3 aliphatic carbocycles. The Morgan fingerprint density at radius 2 is 1.38 bits per heavy atom. The molecule has 3 fully saturated rings. The van der Waals surface area contributed by atoms with Crippen LogP contribution in [-0.2, 0) is 0 Å². The fraction of sp³-hybridized carbons (Fsp3) is 0.586. The maximum atomic E-state index is 14.0. The number of hydrogen-bond donors (Lipinski definition) is 0. The molecule has 4 unspecified atom stereocenters. The first-order valence-electron chi connectivity index (χ1n) is 12.7. The van der Waals surface area contributed by atoms with E-state index >= 15 is 0 Å². The Hall–Kier alpha value is -1.77. The summed E-state index contributed by atoms with van der Waals surface area (Å²) in [7, 11) is 0.